The molecule has 0 aliphatic carbocycles. The molecule has 0 radical (unpaired) electrons. The van der Waals surface area contributed by atoms with Gasteiger partial charge in [0.1, 0.15) is 6.54 Å². The number of nitrogens with zero attached hydrogens (tertiary/aromatic N) is 2. The average Bonchev–Trinajstić information content (AvgIpc) is 2.31. The Kier molecular flexibility index (Phi) is 4.98. The normalized spacial score (nSPS) is 23.3. The van der Waals surface area contributed by atoms with Crippen LogP contribution in [-0.2, 0) is 4.79 Å². The molecule has 0 aromatic heterocycles. The summed E-state index contributed by atoms with van der Waals surface area (Å²) >= 11 is 0. The van der Waals surface area contributed by atoms with E-state index >= 15 is 0 Å². The van der Waals surface area contributed by atoms with Gasteiger partial charge in [-0.3, -0.25) is 4.79 Å². The number of carboxylic acids is 1. The van der Waals surface area contributed by atoms with E-state index in [1.54, 1.807) is 0 Å². The quantitative estimate of drug-likeness (QED) is 0.685. The molecular formula is C12H18N2O4. The van der Waals surface area contributed by atoms with Crippen molar-refractivity contribution in [2.75, 3.05) is 26.2 Å². The number of hydrogen-bond donors (Lipinski definition) is 2. The lowest BCUT2D eigenvalue weighted by molar-refractivity contribution is -0.137. The molecule has 1 aliphatic rings. The van der Waals surface area contributed by atoms with Gasteiger partial charge in [0.2, 0.25) is 0 Å². The molecule has 6 nitrogen and oxygen atoms in total. The third-order valence-corrected chi connectivity index (χ3v) is 3.01. The maximum atomic E-state index is 12.1. The van der Waals surface area contributed by atoms with E-state index in [-0.39, 0.29) is 18.5 Å². The summed E-state index contributed by atoms with van der Waals surface area (Å²) < 4.78 is 0. The molecule has 2 unspecified atom stereocenters. The summed E-state index contributed by atoms with van der Waals surface area (Å²) in [6.45, 7) is 2.26. The molecule has 100 valence electrons. The number of carbonyl (C=O) groups is 2. The molecule has 0 bridgehead atoms. The first-order chi connectivity index (χ1) is 8.45. The Labute approximate surface area is 106 Å². The van der Waals surface area contributed by atoms with Gasteiger partial charge in [0.15, 0.2) is 0 Å². The number of rotatable bonds is 3. The number of aliphatic hydroxyl groups excluding tert-OH is 1. The van der Waals surface area contributed by atoms with E-state index in [0.29, 0.717) is 19.5 Å². The predicted molar refractivity (Wildman–Crippen MR) is 64.8 cm³/mol. The molecule has 0 spiro atoms. The molecule has 2 atom stereocenters. The Morgan fingerprint density at radius 1 is 1.56 bits per heavy atom. The molecule has 0 aromatic carbocycles. The average molecular weight is 254 g/mol. The van der Waals surface area contributed by atoms with E-state index in [1.165, 1.54) is 4.90 Å². The van der Waals surface area contributed by atoms with Crippen molar-refractivity contribution < 1.29 is 19.8 Å². The smallest absolute Gasteiger partial charge is 0.323 e. The minimum absolute atomic E-state index is 0.0137. The Hall–Kier alpha value is -1.74. The zero-order valence-corrected chi connectivity index (χ0v) is 10.4. The van der Waals surface area contributed by atoms with Crippen molar-refractivity contribution in [1.29, 1.82) is 0 Å². The maximum absolute atomic E-state index is 12.1. The molecule has 1 heterocycles. The summed E-state index contributed by atoms with van der Waals surface area (Å²) in [6, 6.07) is -0.380. The van der Waals surface area contributed by atoms with Crippen LogP contribution in [0.1, 0.15) is 13.3 Å². The highest BCUT2D eigenvalue weighted by Crippen LogP contribution is 2.17. The van der Waals surface area contributed by atoms with Gasteiger partial charge in [-0.2, -0.15) is 0 Å². The first-order valence-electron chi connectivity index (χ1n) is 5.83. The second kappa shape index (κ2) is 6.26. The molecule has 2 N–H and O–H groups in total. The lowest BCUT2D eigenvalue weighted by Gasteiger charge is -2.36. The van der Waals surface area contributed by atoms with Crippen LogP contribution < -0.4 is 0 Å². The van der Waals surface area contributed by atoms with Crippen LogP contribution in [0.3, 0.4) is 0 Å². The van der Waals surface area contributed by atoms with Crippen molar-refractivity contribution >= 4 is 12.0 Å². The maximum Gasteiger partial charge on any atom is 0.323 e. The van der Waals surface area contributed by atoms with E-state index in [4.69, 9.17) is 11.5 Å². The fraction of sp³-hybridized carbons (Fsp3) is 0.667. The Balaban J connectivity index is 2.65. The summed E-state index contributed by atoms with van der Waals surface area (Å²) in [5.74, 6) is 1.17. The topological polar surface area (TPSA) is 81.1 Å². The zero-order valence-electron chi connectivity index (χ0n) is 10.4. The van der Waals surface area contributed by atoms with Gasteiger partial charge in [-0.25, -0.2) is 4.79 Å². The number of terminal acetylenes is 1. The number of hydrogen-bond acceptors (Lipinski definition) is 3. The molecule has 1 rings (SSSR count). The number of carboxylic acid groups (broad SMARTS) is 1. The summed E-state index contributed by atoms with van der Waals surface area (Å²) in [5, 5.41) is 18.3. The van der Waals surface area contributed by atoms with Crippen LogP contribution in [0, 0.1) is 18.3 Å². The second-order valence-corrected chi connectivity index (χ2v) is 4.52. The van der Waals surface area contributed by atoms with Crippen LogP contribution in [0.15, 0.2) is 0 Å². The van der Waals surface area contributed by atoms with Crippen LogP contribution in [0.25, 0.3) is 0 Å². The molecule has 1 saturated heterocycles. The Morgan fingerprint density at radius 2 is 2.22 bits per heavy atom. The third kappa shape index (κ3) is 3.64. The van der Waals surface area contributed by atoms with Crippen LogP contribution >= 0.6 is 0 Å². The van der Waals surface area contributed by atoms with E-state index < -0.39 is 18.6 Å². The minimum atomic E-state index is -1.09. The van der Waals surface area contributed by atoms with Crippen LogP contribution in [0.2, 0.25) is 0 Å². The number of piperidine rings is 1. The fourth-order valence-corrected chi connectivity index (χ4v) is 1.97. The number of urea groups is 1. The van der Waals surface area contributed by atoms with Gasteiger partial charge in [0, 0.05) is 13.1 Å². The van der Waals surface area contributed by atoms with Crippen LogP contribution in [-0.4, -0.2) is 64.3 Å². The fourth-order valence-electron chi connectivity index (χ4n) is 1.97. The van der Waals surface area contributed by atoms with E-state index in [1.807, 2.05) is 6.92 Å². The number of likely N-dealkylation sites (tertiary alicyclic amines) is 1. The molecule has 1 fully saturated rings. The highest BCUT2D eigenvalue weighted by Gasteiger charge is 2.30. The van der Waals surface area contributed by atoms with E-state index in [0.717, 1.165) is 4.90 Å². The summed E-state index contributed by atoms with van der Waals surface area (Å²) in [7, 11) is 0. The monoisotopic (exact) mass is 254 g/mol. The second-order valence-electron chi connectivity index (χ2n) is 4.52. The summed E-state index contributed by atoms with van der Waals surface area (Å²) in [4.78, 5) is 25.4. The summed E-state index contributed by atoms with van der Waals surface area (Å²) in [6.07, 6.45) is 5.22. The van der Waals surface area contributed by atoms with Crippen molar-refractivity contribution in [3.05, 3.63) is 0 Å². The molecule has 18 heavy (non-hydrogen) atoms. The minimum Gasteiger partial charge on any atom is -0.480 e. The van der Waals surface area contributed by atoms with Crippen molar-refractivity contribution in [1.82, 2.24) is 9.80 Å². The van der Waals surface area contributed by atoms with E-state index in [9.17, 15) is 14.7 Å². The first-order valence-corrected chi connectivity index (χ1v) is 5.83. The van der Waals surface area contributed by atoms with Crippen molar-refractivity contribution in [2.24, 2.45) is 5.92 Å². The first kappa shape index (κ1) is 14.3. The van der Waals surface area contributed by atoms with Crippen molar-refractivity contribution in [3.8, 4) is 12.3 Å². The largest absolute Gasteiger partial charge is 0.480 e. The molecule has 1 aliphatic heterocycles. The van der Waals surface area contributed by atoms with Gasteiger partial charge in [-0.1, -0.05) is 12.8 Å². The van der Waals surface area contributed by atoms with Gasteiger partial charge in [0.05, 0.1) is 12.6 Å². The predicted octanol–water partition coefficient (Wildman–Crippen LogP) is -0.171. The summed E-state index contributed by atoms with van der Waals surface area (Å²) in [5.41, 5.74) is 0. The van der Waals surface area contributed by atoms with Crippen molar-refractivity contribution in [3.63, 3.8) is 0 Å². The number of carbonyl (C=O) groups excluding carboxylic acids is 1. The molecule has 6 heteroatoms. The SMILES string of the molecule is C#CCN(CC(=O)O)C(=O)N1CCC(O)C(C)C1. The number of aliphatic carboxylic acids is 1. The third-order valence-electron chi connectivity index (χ3n) is 3.01. The van der Waals surface area contributed by atoms with Gasteiger partial charge in [-0.05, 0) is 12.3 Å². The highest BCUT2D eigenvalue weighted by atomic mass is 16.4. The number of amides is 2. The van der Waals surface area contributed by atoms with E-state index in [2.05, 4.69) is 5.92 Å². The number of aliphatic hydroxyl groups is 1. The Morgan fingerprint density at radius 3 is 2.72 bits per heavy atom. The van der Waals surface area contributed by atoms with Gasteiger partial charge in [0.25, 0.3) is 0 Å². The van der Waals surface area contributed by atoms with Gasteiger partial charge < -0.3 is 20.0 Å². The van der Waals surface area contributed by atoms with Crippen molar-refractivity contribution in [2.45, 2.75) is 19.4 Å². The highest BCUT2D eigenvalue weighted by molar-refractivity contribution is 5.80. The molecule has 0 saturated carbocycles. The van der Waals surface area contributed by atoms with Crippen LogP contribution in [0.5, 0.6) is 0 Å². The molecule has 2 amide bonds. The van der Waals surface area contributed by atoms with Crippen LogP contribution in [0.4, 0.5) is 4.79 Å². The zero-order chi connectivity index (χ0) is 13.7. The lowest BCUT2D eigenvalue weighted by atomic mass is 9.97. The molecule has 0 aromatic rings. The molecular weight excluding hydrogens is 236 g/mol. The van der Waals surface area contributed by atoms with Gasteiger partial charge >= 0.3 is 12.0 Å². The Bertz CT molecular complexity index is 364. The lowest BCUT2D eigenvalue weighted by Crippen LogP contribution is -2.51. The van der Waals surface area contributed by atoms with Gasteiger partial charge in [-0.15, -0.1) is 6.42 Å². The standard InChI is InChI=1S/C12H18N2O4/c1-3-5-13(8-11(16)17)12(18)14-6-4-10(15)9(2)7-14/h1,9-10,15H,4-8H2,2H3,(H,16,17).